The predicted octanol–water partition coefficient (Wildman–Crippen LogP) is 2.32. The third-order valence-electron chi connectivity index (χ3n) is 4.50. The van der Waals surface area contributed by atoms with E-state index in [1.54, 1.807) is 0 Å². The standard InChI is InChI=1S/C12H20F3NO/c1-7-8-3-2-4-10(9(8)5-6-16-7)11(17)12(13,14)15/h7-11,16-17H,2-6H2,1H3/t7-,8+,9+,10+,11-/m0/s1. The van der Waals surface area contributed by atoms with Crippen molar-refractivity contribution in [3.63, 3.8) is 0 Å². The first kappa shape index (κ1) is 13.1. The van der Waals surface area contributed by atoms with E-state index in [9.17, 15) is 18.3 Å². The van der Waals surface area contributed by atoms with Gasteiger partial charge in [-0.15, -0.1) is 0 Å². The minimum atomic E-state index is -4.47. The van der Waals surface area contributed by atoms with E-state index in [1.807, 2.05) is 6.92 Å². The summed E-state index contributed by atoms with van der Waals surface area (Å²) in [5, 5.41) is 12.8. The number of aliphatic hydroxyl groups is 1. The minimum absolute atomic E-state index is 0.0247. The highest BCUT2D eigenvalue weighted by Crippen LogP contribution is 2.45. The molecule has 0 aromatic heterocycles. The van der Waals surface area contributed by atoms with E-state index < -0.39 is 18.2 Å². The number of rotatable bonds is 1. The zero-order valence-corrected chi connectivity index (χ0v) is 10.0. The second kappa shape index (κ2) is 4.76. The van der Waals surface area contributed by atoms with Crippen molar-refractivity contribution in [2.24, 2.45) is 17.8 Å². The summed E-state index contributed by atoms with van der Waals surface area (Å²) in [6.45, 7) is 2.81. The van der Waals surface area contributed by atoms with Gasteiger partial charge in [-0.25, -0.2) is 0 Å². The van der Waals surface area contributed by atoms with Crippen molar-refractivity contribution in [2.75, 3.05) is 6.54 Å². The van der Waals surface area contributed by atoms with Gasteiger partial charge < -0.3 is 10.4 Å². The Morgan fingerprint density at radius 2 is 1.88 bits per heavy atom. The molecule has 0 unspecified atom stereocenters. The molecule has 1 saturated heterocycles. The van der Waals surface area contributed by atoms with Gasteiger partial charge in [0.2, 0.25) is 0 Å². The summed E-state index contributed by atoms with van der Waals surface area (Å²) in [4.78, 5) is 0. The van der Waals surface area contributed by atoms with Gasteiger partial charge >= 0.3 is 6.18 Å². The van der Waals surface area contributed by atoms with Crippen LogP contribution in [-0.2, 0) is 0 Å². The summed E-state index contributed by atoms with van der Waals surface area (Å²) >= 11 is 0. The highest BCUT2D eigenvalue weighted by molar-refractivity contribution is 4.94. The van der Waals surface area contributed by atoms with Crippen molar-refractivity contribution in [1.29, 1.82) is 0 Å². The molecule has 2 rings (SSSR count). The van der Waals surface area contributed by atoms with Crippen LogP contribution in [0.1, 0.15) is 32.6 Å². The first-order valence-corrected chi connectivity index (χ1v) is 6.39. The van der Waals surface area contributed by atoms with Crippen LogP contribution in [0.3, 0.4) is 0 Å². The van der Waals surface area contributed by atoms with Crippen LogP contribution in [0.25, 0.3) is 0 Å². The third kappa shape index (κ3) is 2.60. The van der Waals surface area contributed by atoms with Gasteiger partial charge in [0.05, 0.1) is 0 Å². The normalized spacial score (nSPS) is 40.8. The Hall–Kier alpha value is -0.290. The summed E-state index contributed by atoms with van der Waals surface area (Å²) in [5.41, 5.74) is 0. The highest BCUT2D eigenvalue weighted by Gasteiger charge is 2.49. The second-order valence-corrected chi connectivity index (χ2v) is 5.44. The second-order valence-electron chi connectivity index (χ2n) is 5.44. The van der Waals surface area contributed by atoms with E-state index in [0.29, 0.717) is 12.3 Å². The minimum Gasteiger partial charge on any atom is -0.383 e. The van der Waals surface area contributed by atoms with Gasteiger partial charge in [-0.1, -0.05) is 6.42 Å². The number of aliphatic hydroxyl groups excluding tert-OH is 1. The van der Waals surface area contributed by atoms with Crippen LogP contribution in [0.2, 0.25) is 0 Å². The van der Waals surface area contributed by atoms with Gasteiger partial charge in [-0.3, -0.25) is 0 Å². The van der Waals surface area contributed by atoms with E-state index in [-0.39, 0.29) is 12.0 Å². The average molecular weight is 251 g/mol. The molecule has 1 aliphatic heterocycles. The first-order valence-electron chi connectivity index (χ1n) is 6.39. The van der Waals surface area contributed by atoms with Crippen molar-refractivity contribution in [1.82, 2.24) is 5.32 Å². The van der Waals surface area contributed by atoms with E-state index in [0.717, 1.165) is 25.8 Å². The molecular formula is C12H20F3NO. The van der Waals surface area contributed by atoms with Crippen molar-refractivity contribution in [3.05, 3.63) is 0 Å². The number of halogens is 3. The smallest absolute Gasteiger partial charge is 0.383 e. The Labute approximate surface area is 99.6 Å². The van der Waals surface area contributed by atoms with Crippen LogP contribution in [0, 0.1) is 17.8 Å². The van der Waals surface area contributed by atoms with Crippen LogP contribution >= 0.6 is 0 Å². The predicted molar refractivity (Wildman–Crippen MR) is 58.5 cm³/mol. The van der Waals surface area contributed by atoms with Crippen LogP contribution in [0.5, 0.6) is 0 Å². The number of alkyl halides is 3. The van der Waals surface area contributed by atoms with Gasteiger partial charge in [0, 0.05) is 6.04 Å². The maximum absolute atomic E-state index is 12.6. The fourth-order valence-corrected chi connectivity index (χ4v) is 3.65. The maximum atomic E-state index is 12.6. The van der Waals surface area contributed by atoms with Crippen molar-refractivity contribution in [3.8, 4) is 0 Å². The number of piperidine rings is 1. The SMILES string of the molecule is C[C@@H]1NCC[C@H]2[C@H]([C@H](O)C(F)(F)F)CCC[C@@H]21. The molecule has 5 atom stereocenters. The molecule has 17 heavy (non-hydrogen) atoms. The Bertz CT molecular complexity index is 269. The van der Waals surface area contributed by atoms with E-state index in [4.69, 9.17) is 0 Å². The summed E-state index contributed by atoms with van der Waals surface area (Å²) in [6.07, 6.45) is -3.56. The topological polar surface area (TPSA) is 32.3 Å². The first-order chi connectivity index (χ1) is 7.91. The van der Waals surface area contributed by atoms with Gasteiger partial charge in [0.1, 0.15) is 0 Å². The van der Waals surface area contributed by atoms with Gasteiger partial charge in [-0.05, 0) is 50.5 Å². The molecule has 0 aromatic carbocycles. The molecule has 0 amide bonds. The van der Waals surface area contributed by atoms with E-state index in [2.05, 4.69) is 5.32 Å². The molecule has 2 nitrogen and oxygen atoms in total. The molecule has 1 aliphatic carbocycles. The number of nitrogens with one attached hydrogen (secondary N) is 1. The molecule has 0 aromatic rings. The maximum Gasteiger partial charge on any atom is 0.414 e. The van der Waals surface area contributed by atoms with Crippen LogP contribution in [-0.4, -0.2) is 30.0 Å². The lowest BCUT2D eigenvalue weighted by atomic mass is 9.64. The quantitative estimate of drug-likeness (QED) is 0.749. The fourth-order valence-electron chi connectivity index (χ4n) is 3.65. The van der Waals surface area contributed by atoms with Gasteiger partial charge in [0.15, 0.2) is 6.10 Å². The Balaban J connectivity index is 2.12. The monoisotopic (exact) mass is 251 g/mol. The Morgan fingerprint density at radius 1 is 1.18 bits per heavy atom. The van der Waals surface area contributed by atoms with Crippen molar-refractivity contribution >= 4 is 0 Å². The number of hydrogen-bond donors (Lipinski definition) is 2. The van der Waals surface area contributed by atoms with E-state index >= 15 is 0 Å². The number of fused-ring (bicyclic) bond motifs is 1. The Morgan fingerprint density at radius 3 is 2.53 bits per heavy atom. The van der Waals surface area contributed by atoms with Crippen LogP contribution in [0.15, 0.2) is 0 Å². The highest BCUT2D eigenvalue weighted by atomic mass is 19.4. The molecule has 100 valence electrons. The van der Waals surface area contributed by atoms with Crippen LogP contribution < -0.4 is 5.32 Å². The zero-order chi connectivity index (χ0) is 12.6. The average Bonchev–Trinajstić information content (AvgIpc) is 2.27. The largest absolute Gasteiger partial charge is 0.414 e. The molecule has 0 bridgehead atoms. The van der Waals surface area contributed by atoms with Crippen molar-refractivity contribution < 1.29 is 18.3 Å². The molecule has 0 spiro atoms. The molecular weight excluding hydrogens is 231 g/mol. The summed E-state index contributed by atoms with van der Waals surface area (Å²) in [7, 11) is 0. The summed E-state index contributed by atoms with van der Waals surface area (Å²) in [5.74, 6) is -0.283. The molecule has 2 N–H and O–H groups in total. The molecule has 2 fully saturated rings. The fraction of sp³-hybridized carbons (Fsp3) is 1.00. The van der Waals surface area contributed by atoms with E-state index in [1.165, 1.54) is 0 Å². The lowest BCUT2D eigenvalue weighted by molar-refractivity contribution is -0.231. The lowest BCUT2D eigenvalue weighted by Crippen LogP contribution is -2.52. The number of hydrogen-bond acceptors (Lipinski definition) is 2. The summed E-state index contributed by atoms with van der Waals surface area (Å²) in [6, 6.07) is 0.275. The van der Waals surface area contributed by atoms with Crippen LogP contribution in [0.4, 0.5) is 13.2 Å². The summed E-state index contributed by atoms with van der Waals surface area (Å²) < 4.78 is 37.9. The molecule has 2 aliphatic rings. The zero-order valence-electron chi connectivity index (χ0n) is 10.0. The third-order valence-corrected chi connectivity index (χ3v) is 4.50. The molecule has 1 saturated carbocycles. The van der Waals surface area contributed by atoms with Gasteiger partial charge in [0.25, 0.3) is 0 Å². The molecule has 0 radical (unpaired) electrons. The van der Waals surface area contributed by atoms with Crippen molar-refractivity contribution in [2.45, 2.75) is 50.9 Å². The lowest BCUT2D eigenvalue weighted by Gasteiger charge is -2.46. The Kier molecular flexibility index (Phi) is 3.69. The van der Waals surface area contributed by atoms with Gasteiger partial charge in [-0.2, -0.15) is 13.2 Å². The molecule has 5 heteroatoms. The molecule has 1 heterocycles.